The second kappa shape index (κ2) is 31.2. The number of nitrogens with zero attached hydrogens (tertiary/aromatic N) is 7. The third-order valence-electron chi connectivity index (χ3n) is 19.6. The van der Waals surface area contributed by atoms with Crippen LogP contribution in [0.15, 0.2) is 175 Å². The largest absolute Gasteiger partial charge is 0.443 e. The van der Waals surface area contributed by atoms with Gasteiger partial charge in [-0.3, -0.25) is 18.6 Å². The topological polar surface area (TPSA) is 336 Å². The Kier molecular flexibility index (Phi) is 22.4. The van der Waals surface area contributed by atoms with E-state index in [2.05, 4.69) is 47.5 Å². The minimum Gasteiger partial charge on any atom is -0.443 e. The van der Waals surface area contributed by atoms with Gasteiger partial charge in [0.25, 0.3) is 0 Å². The maximum atomic E-state index is 15.5. The maximum Gasteiger partial charge on any atom is 0.347 e. The standard InChI is InChI=1S/C20H14F2IN3O4S.C20H19F2IN2O5S.C20H17F2IN2O3S.C14H6F2IN3O2/c1-2-5-20(6-7-20)31(28,29)26-14-9-15-17(24-10-30-15)16(22)18(14)25(19(26)27)13-4-3-11(23)8-12(13)21;21-15-6-12(23)2-1-11(15)5-14-16(7-17-19(18(14)22)24-10-30-17)25-31(28,29)20(3-4-20)8-13(27)9-26;1-2-5-20(6-7-20)29(26,27)25-16-10-17-19(24-11-28-17)18(22)14(16)8-12-3-4-13(23)9-15(12)21;15-7-3-6(17)1-2-9(7)20-13-8(19-14(20)21)4-10-12(11(13)16)18-5-22-10/h2-4,8-10H,1,5-7H2;1-2,6-7,10,13,25-27H,3-5,8-9H2;2-4,9-11,25H,1,5-8H2;1-5H,(H,19,21). The Bertz CT molecular complexity index is 6710. The van der Waals surface area contributed by atoms with Crippen LogP contribution in [0.4, 0.5) is 46.5 Å². The molecular formula is C74H56F8I4N10O14S3. The van der Waals surface area contributed by atoms with Crippen LogP contribution in [0.3, 0.4) is 0 Å². The van der Waals surface area contributed by atoms with Crippen LogP contribution in [0.25, 0.3) is 77.8 Å². The first-order chi connectivity index (χ1) is 53.7. The summed E-state index contributed by atoms with van der Waals surface area (Å²) in [7, 11) is -12.1. The maximum absolute atomic E-state index is 15.5. The lowest BCUT2D eigenvalue weighted by molar-refractivity contribution is 0.0858. The van der Waals surface area contributed by atoms with Gasteiger partial charge in [0.1, 0.15) is 56.4 Å². The number of H-pyrrole nitrogens is 1. The summed E-state index contributed by atoms with van der Waals surface area (Å²) in [5.41, 5.74) is -2.11. The normalized spacial score (nSPS) is 15.0. The number of aliphatic hydroxyl groups excluding tert-OH is 2. The van der Waals surface area contributed by atoms with Crippen molar-refractivity contribution in [3.63, 3.8) is 0 Å². The van der Waals surface area contributed by atoms with Crippen molar-refractivity contribution < 1.29 is 88.3 Å². The van der Waals surface area contributed by atoms with Crippen molar-refractivity contribution >= 4 is 198 Å². The van der Waals surface area contributed by atoms with Crippen molar-refractivity contribution in [1.82, 2.24) is 38.0 Å². The summed E-state index contributed by atoms with van der Waals surface area (Å²) in [6, 6.07) is 22.9. The molecule has 1 atom stereocenters. The summed E-state index contributed by atoms with van der Waals surface area (Å²) >= 11 is 7.79. The number of fused-ring (bicyclic) bond motifs is 6. The average molecular weight is 2070 g/mol. The van der Waals surface area contributed by atoms with E-state index in [4.69, 9.17) is 22.8 Å². The van der Waals surface area contributed by atoms with Gasteiger partial charge in [0.05, 0.1) is 60.7 Å². The molecule has 17 rings (SSSR count). The second-order valence-corrected chi connectivity index (χ2v) is 38.1. The molecule has 14 aromatic rings. The Balaban J connectivity index is 0.000000126. The van der Waals surface area contributed by atoms with Crippen molar-refractivity contribution in [2.24, 2.45) is 0 Å². The van der Waals surface area contributed by atoms with E-state index >= 15 is 13.2 Å². The van der Waals surface area contributed by atoms with Crippen LogP contribution in [-0.4, -0.2) is 100 Å². The molecule has 3 saturated carbocycles. The molecule has 39 heteroatoms. The molecule has 5 N–H and O–H groups in total. The van der Waals surface area contributed by atoms with E-state index in [0.29, 0.717) is 63.2 Å². The summed E-state index contributed by atoms with van der Waals surface area (Å²) in [5, 5.41) is 18.9. The molecule has 8 aromatic carbocycles. The van der Waals surface area contributed by atoms with E-state index in [0.717, 1.165) is 34.7 Å². The first-order valence-corrected chi connectivity index (χ1v) is 42.5. The number of oxazole rings is 4. The lowest BCUT2D eigenvalue weighted by Gasteiger charge is -2.21. The van der Waals surface area contributed by atoms with E-state index in [9.17, 15) is 61.9 Å². The van der Waals surface area contributed by atoms with Crippen molar-refractivity contribution in [2.75, 3.05) is 16.1 Å². The van der Waals surface area contributed by atoms with Gasteiger partial charge < -0.3 is 32.9 Å². The number of anilines is 2. The highest BCUT2D eigenvalue weighted by atomic mass is 127. The number of nitrogens with one attached hydrogen (secondary N) is 3. The number of sulfonamides is 2. The van der Waals surface area contributed by atoms with Crippen LogP contribution < -0.4 is 20.8 Å². The molecule has 0 radical (unpaired) electrons. The molecule has 0 amide bonds. The highest BCUT2D eigenvalue weighted by Crippen LogP contribution is 2.51. The predicted molar refractivity (Wildman–Crippen MR) is 436 cm³/mol. The number of benzene rings is 8. The first kappa shape index (κ1) is 81.0. The molecule has 3 aliphatic rings. The molecule has 0 aliphatic heterocycles. The fourth-order valence-corrected chi connectivity index (χ4v) is 20.5. The Morgan fingerprint density at radius 2 is 0.903 bits per heavy atom. The molecule has 3 fully saturated rings. The van der Waals surface area contributed by atoms with Crippen LogP contribution in [0.2, 0.25) is 0 Å². The van der Waals surface area contributed by atoms with E-state index in [1.807, 2.05) is 90.4 Å². The van der Waals surface area contributed by atoms with Gasteiger partial charge in [0, 0.05) is 62.5 Å². The van der Waals surface area contributed by atoms with Gasteiger partial charge in [-0.1, -0.05) is 24.3 Å². The zero-order chi connectivity index (χ0) is 80.8. The van der Waals surface area contributed by atoms with E-state index in [-0.39, 0.29) is 137 Å². The van der Waals surface area contributed by atoms with Crippen LogP contribution in [0, 0.1) is 60.8 Å². The fourth-order valence-electron chi connectivity index (χ4n) is 13.3. The fraction of sp³-hybridized carbons (Fsp3) is 0.216. The summed E-state index contributed by atoms with van der Waals surface area (Å²) < 4.78 is 225. The van der Waals surface area contributed by atoms with E-state index in [1.54, 1.807) is 30.3 Å². The summed E-state index contributed by atoms with van der Waals surface area (Å²) in [5.74, 6) is -5.69. The number of hydrogen-bond donors (Lipinski definition) is 5. The van der Waals surface area contributed by atoms with Gasteiger partial charge in [-0.15, -0.1) is 13.2 Å². The SMILES string of the molecule is C=CCC1(S(=O)(=O)Nc2cc3ocnc3c(F)c2Cc2ccc(I)cc2F)CC1.C=CCC1(S(=O)(=O)n2c(=O)n(-c3ccc(I)cc3F)c3c(F)c4ncoc4cc32)CC1.O=S(=O)(Nc1cc2ocnc2c(F)c1Cc1ccc(I)cc1F)C1(CC(O)CO)CC1.O=c1[nH]c2cc3ocnc3c(F)c2n1-c1ccc(I)cc1F. The number of allylic oxidation sites excluding steroid dienone is 2. The summed E-state index contributed by atoms with van der Waals surface area (Å²) in [6.45, 7) is 6.67. The number of halogens is 12. The first-order valence-electron chi connectivity index (χ1n) is 33.7. The van der Waals surface area contributed by atoms with Gasteiger partial charge in [-0.05, 0) is 220 Å². The van der Waals surface area contributed by atoms with Crippen molar-refractivity contribution in [2.45, 2.75) is 91.0 Å². The summed E-state index contributed by atoms with van der Waals surface area (Å²) in [6.07, 6.45) is 8.34. The molecule has 0 bridgehead atoms. The number of rotatable bonds is 21. The number of aliphatic hydroxyl groups is 2. The third-order valence-corrected chi connectivity index (χ3v) is 29.2. The minimum atomic E-state index is -4.26. The molecule has 113 heavy (non-hydrogen) atoms. The van der Waals surface area contributed by atoms with Gasteiger partial charge >= 0.3 is 11.4 Å². The second-order valence-electron chi connectivity index (χ2n) is 26.8. The van der Waals surface area contributed by atoms with E-state index in [1.165, 1.54) is 78.9 Å². The highest BCUT2D eigenvalue weighted by Gasteiger charge is 2.57. The number of aromatic amines is 1. The molecule has 1 unspecified atom stereocenters. The molecule has 0 saturated heterocycles. The quantitative estimate of drug-likeness (QED) is 0.0253. The van der Waals surface area contributed by atoms with Gasteiger partial charge in [0.2, 0.25) is 30.1 Å². The zero-order valence-corrected chi connectivity index (χ0v) is 68.9. The number of aromatic nitrogens is 8. The molecule has 24 nitrogen and oxygen atoms in total. The summed E-state index contributed by atoms with van der Waals surface area (Å²) in [4.78, 5) is 43.4. The smallest absolute Gasteiger partial charge is 0.347 e. The van der Waals surface area contributed by atoms with Gasteiger partial charge in [-0.2, -0.15) is 3.97 Å². The average Bonchev–Trinajstić information content (AvgIpc) is 1.53. The zero-order valence-electron chi connectivity index (χ0n) is 57.9. The molecule has 6 heterocycles. The van der Waals surface area contributed by atoms with Gasteiger partial charge in [-0.25, -0.2) is 89.9 Å². The van der Waals surface area contributed by atoms with Crippen molar-refractivity contribution in [3.8, 4) is 11.4 Å². The molecule has 3 aliphatic carbocycles. The Labute approximate surface area is 688 Å². The Morgan fingerprint density at radius 1 is 0.513 bits per heavy atom. The minimum absolute atomic E-state index is 0.00818. The highest BCUT2D eigenvalue weighted by molar-refractivity contribution is 14.1. The van der Waals surface area contributed by atoms with Crippen LogP contribution >= 0.6 is 90.4 Å². The van der Waals surface area contributed by atoms with E-state index < -0.39 is 115 Å². The predicted octanol–water partition coefficient (Wildman–Crippen LogP) is 15.9. The van der Waals surface area contributed by atoms with Crippen molar-refractivity contribution in [3.05, 3.63) is 252 Å². The Hall–Kier alpha value is -8.61. The third kappa shape index (κ3) is 15.2. The molecule has 6 aromatic heterocycles. The van der Waals surface area contributed by atoms with Crippen LogP contribution in [-0.2, 0) is 42.9 Å². The molecule has 588 valence electrons. The van der Waals surface area contributed by atoms with Gasteiger partial charge in [0.15, 0.2) is 71.2 Å². The number of hydrogen-bond acceptors (Lipinski definition) is 18. The monoisotopic (exact) mass is 2060 g/mol. The lowest BCUT2D eigenvalue weighted by atomic mass is 10.0. The molecular weight excluding hydrogens is 2010 g/mol. The Morgan fingerprint density at radius 3 is 1.33 bits per heavy atom. The van der Waals surface area contributed by atoms with Crippen LogP contribution in [0.5, 0.6) is 0 Å². The van der Waals surface area contributed by atoms with Crippen molar-refractivity contribution in [1.29, 1.82) is 0 Å². The molecule has 0 spiro atoms. The van der Waals surface area contributed by atoms with Crippen LogP contribution in [0.1, 0.15) is 80.0 Å². The number of imidazole rings is 2. The lowest BCUT2D eigenvalue weighted by Crippen LogP contribution is -2.37.